The summed E-state index contributed by atoms with van der Waals surface area (Å²) in [5, 5.41) is 8.87. The molecule has 5 nitrogen and oxygen atoms in total. The van der Waals surface area contributed by atoms with E-state index < -0.39 is 21.7 Å². The lowest BCUT2D eigenvalue weighted by Crippen LogP contribution is -2.56. The van der Waals surface area contributed by atoms with Gasteiger partial charge in [-0.3, -0.25) is 0 Å². The number of hydrogen-bond acceptors (Lipinski definition) is 4. The van der Waals surface area contributed by atoms with Crippen molar-refractivity contribution in [1.82, 2.24) is 4.31 Å². The quantitative estimate of drug-likeness (QED) is 0.805. The highest BCUT2D eigenvalue weighted by Crippen LogP contribution is 2.33. The fourth-order valence-corrected chi connectivity index (χ4v) is 5.13. The van der Waals surface area contributed by atoms with Gasteiger partial charge in [-0.1, -0.05) is 24.3 Å². The molecule has 0 saturated carbocycles. The third kappa shape index (κ3) is 4.35. The number of morpholine rings is 1. The number of nitriles is 1. The number of halogens is 1. The normalized spacial score (nSPS) is 20.1. The van der Waals surface area contributed by atoms with Crippen molar-refractivity contribution >= 4 is 10.0 Å². The zero-order valence-corrected chi connectivity index (χ0v) is 16.0. The van der Waals surface area contributed by atoms with Crippen molar-refractivity contribution in [2.24, 2.45) is 0 Å². The van der Waals surface area contributed by atoms with Crippen LogP contribution >= 0.6 is 0 Å². The number of ether oxygens (including phenoxy) is 1. The summed E-state index contributed by atoms with van der Waals surface area (Å²) in [7, 11) is -3.64. The highest BCUT2D eigenvalue weighted by molar-refractivity contribution is 7.88. The van der Waals surface area contributed by atoms with Crippen molar-refractivity contribution in [3.05, 3.63) is 71.0 Å². The molecule has 0 aliphatic carbocycles. The molecule has 0 spiro atoms. The monoisotopic (exact) mass is 388 g/mol. The second kappa shape index (κ2) is 7.39. The zero-order valence-electron chi connectivity index (χ0n) is 15.2. The van der Waals surface area contributed by atoms with E-state index in [0.29, 0.717) is 16.7 Å². The highest BCUT2D eigenvalue weighted by atomic mass is 32.2. The summed E-state index contributed by atoms with van der Waals surface area (Å²) in [6, 6.07) is 14.5. The molecule has 1 unspecified atom stereocenters. The molecule has 7 heteroatoms. The van der Waals surface area contributed by atoms with Crippen LogP contribution in [0.3, 0.4) is 0 Å². The lowest BCUT2D eigenvalue weighted by atomic mass is 10.0. The SMILES string of the molecule is CC1(C)COC(c2cccc(F)c2)CN1S(=O)(=O)Cc1ccc(C#N)cc1. The average molecular weight is 388 g/mol. The second-order valence-electron chi connectivity index (χ2n) is 7.26. The molecule has 1 fully saturated rings. The van der Waals surface area contributed by atoms with E-state index in [1.54, 1.807) is 36.4 Å². The van der Waals surface area contributed by atoms with Crippen molar-refractivity contribution in [3.8, 4) is 6.07 Å². The Morgan fingerprint density at radius 3 is 2.59 bits per heavy atom. The maximum absolute atomic E-state index is 13.5. The van der Waals surface area contributed by atoms with Gasteiger partial charge in [0.05, 0.1) is 35.6 Å². The van der Waals surface area contributed by atoms with Gasteiger partial charge < -0.3 is 4.74 Å². The first-order valence-corrected chi connectivity index (χ1v) is 10.2. The highest BCUT2D eigenvalue weighted by Gasteiger charge is 2.42. The average Bonchev–Trinajstić information content (AvgIpc) is 2.61. The van der Waals surface area contributed by atoms with Crippen LogP contribution in [0.25, 0.3) is 0 Å². The zero-order chi connectivity index (χ0) is 19.7. The standard InChI is InChI=1S/C20H21FN2O3S/c1-20(2)14-26-19(17-4-3-5-18(21)10-17)12-23(20)27(24,25)13-16-8-6-15(11-22)7-9-16/h3-10,19H,12-14H2,1-2H3. The molecule has 1 atom stereocenters. The van der Waals surface area contributed by atoms with Crippen LogP contribution in [0.1, 0.15) is 36.6 Å². The van der Waals surface area contributed by atoms with Crippen LogP contribution in [0.15, 0.2) is 48.5 Å². The Labute approximate surface area is 159 Å². The first-order valence-electron chi connectivity index (χ1n) is 8.58. The van der Waals surface area contributed by atoms with Crippen molar-refractivity contribution in [2.75, 3.05) is 13.2 Å². The Balaban J connectivity index is 1.85. The molecular weight excluding hydrogens is 367 g/mol. The largest absolute Gasteiger partial charge is 0.370 e. The van der Waals surface area contributed by atoms with Gasteiger partial charge in [0, 0.05) is 6.54 Å². The Kier molecular flexibility index (Phi) is 5.33. The van der Waals surface area contributed by atoms with Crippen molar-refractivity contribution in [1.29, 1.82) is 5.26 Å². The fourth-order valence-electron chi connectivity index (χ4n) is 3.19. The van der Waals surface area contributed by atoms with E-state index in [9.17, 15) is 12.8 Å². The molecule has 2 aromatic rings. The molecule has 27 heavy (non-hydrogen) atoms. The van der Waals surface area contributed by atoms with Gasteiger partial charge in [0.15, 0.2) is 0 Å². The van der Waals surface area contributed by atoms with Gasteiger partial charge in [0.25, 0.3) is 0 Å². The predicted octanol–water partition coefficient (Wildman–Crippen LogP) is 3.38. The van der Waals surface area contributed by atoms with Crippen molar-refractivity contribution < 1.29 is 17.5 Å². The molecule has 0 aromatic heterocycles. The molecule has 1 heterocycles. The van der Waals surface area contributed by atoms with Crippen LogP contribution in [-0.2, 0) is 20.5 Å². The van der Waals surface area contributed by atoms with E-state index in [0.717, 1.165) is 0 Å². The minimum absolute atomic E-state index is 0.120. The topological polar surface area (TPSA) is 70.4 Å². The summed E-state index contributed by atoms with van der Waals surface area (Å²) in [5.74, 6) is -0.550. The first-order chi connectivity index (χ1) is 12.7. The third-order valence-corrected chi connectivity index (χ3v) is 6.65. The molecule has 142 valence electrons. The number of nitrogens with zero attached hydrogens (tertiary/aromatic N) is 2. The van der Waals surface area contributed by atoms with Crippen LogP contribution in [0.5, 0.6) is 0 Å². The minimum atomic E-state index is -3.64. The number of benzene rings is 2. The first kappa shape index (κ1) is 19.5. The van der Waals surface area contributed by atoms with E-state index in [2.05, 4.69) is 0 Å². The number of sulfonamides is 1. The third-order valence-electron chi connectivity index (χ3n) is 4.63. The smallest absolute Gasteiger partial charge is 0.218 e. The molecule has 3 rings (SSSR count). The maximum atomic E-state index is 13.5. The molecule has 1 aliphatic rings. The van der Waals surface area contributed by atoms with Gasteiger partial charge in [0.2, 0.25) is 10.0 Å². The summed E-state index contributed by atoms with van der Waals surface area (Å²) < 4.78 is 47.0. The van der Waals surface area contributed by atoms with Crippen molar-refractivity contribution in [2.45, 2.75) is 31.2 Å². The Hall–Kier alpha value is -2.27. The van der Waals surface area contributed by atoms with Crippen LogP contribution in [-0.4, -0.2) is 31.4 Å². The lowest BCUT2D eigenvalue weighted by Gasteiger charge is -2.44. The maximum Gasteiger partial charge on any atom is 0.218 e. The summed E-state index contributed by atoms with van der Waals surface area (Å²) in [4.78, 5) is 0. The molecular formula is C20H21FN2O3S. The van der Waals surface area contributed by atoms with Crippen LogP contribution < -0.4 is 0 Å². The molecule has 0 bridgehead atoms. The second-order valence-corrected chi connectivity index (χ2v) is 9.16. The van der Waals surface area contributed by atoms with E-state index in [1.165, 1.54) is 16.4 Å². The number of hydrogen-bond donors (Lipinski definition) is 0. The number of rotatable bonds is 4. The van der Waals surface area contributed by atoms with E-state index in [1.807, 2.05) is 19.9 Å². The summed E-state index contributed by atoms with van der Waals surface area (Å²) in [6.07, 6.45) is -0.524. The predicted molar refractivity (Wildman–Crippen MR) is 99.7 cm³/mol. The molecule has 0 radical (unpaired) electrons. The van der Waals surface area contributed by atoms with Crippen molar-refractivity contribution in [3.63, 3.8) is 0 Å². The molecule has 0 N–H and O–H groups in total. The van der Waals surface area contributed by atoms with Gasteiger partial charge in [-0.2, -0.15) is 9.57 Å². The van der Waals surface area contributed by atoms with Gasteiger partial charge in [-0.15, -0.1) is 0 Å². The molecule has 0 amide bonds. The van der Waals surface area contributed by atoms with Gasteiger partial charge >= 0.3 is 0 Å². The lowest BCUT2D eigenvalue weighted by molar-refractivity contribution is -0.0656. The molecule has 2 aromatic carbocycles. The van der Waals surface area contributed by atoms with Gasteiger partial charge in [-0.05, 0) is 49.2 Å². The summed E-state index contributed by atoms with van der Waals surface area (Å²) in [6.45, 7) is 3.95. The van der Waals surface area contributed by atoms with E-state index in [-0.39, 0.29) is 24.7 Å². The Morgan fingerprint density at radius 1 is 1.26 bits per heavy atom. The summed E-state index contributed by atoms with van der Waals surface area (Å²) in [5.41, 5.74) is 0.992. The Morgan fingerprint density at radius 2 is 1.96 bits per heavy atom. The van der Waals surface area contributed by atoms with Crippen LogP contribution in [0.4, 0.5) is 4.39 Å². The van der Waals surface area contributed by atoms with E-state index >= 15 is 0 Å². The minimum Gasteiger partial charge on any atom is -0.370 e. The Bertz CT molecular complexity index is 965. The van der Waals surface area contributed by atoms with Crippen LogP contribution in [0.2, 0.25) is 0 Å². The summed E-state index contributed by atoms with van der Waals surface area (Å²) >= 11 is 0. The van der Waals surface area contributed by atoms with Crippen LogP contribution in [0, 0.1) is 17.1 Å². The van der Waals surface area contributed by atoms with E-state index in [4.69, 9.17) is 10.00 Å². The fraction of sp³-hybridized carbons (Fsp3) is 0.350. The molecule has 1 saturated heterocycles. The van der Waals surface area contributed by atoms with Gasteiger partial charge in [-0.25, -0.2) is 12.8 Å². The molecule has 1 aliphatic heterocycles. The van der Waals surface area contributed by atoms with Gasteiger partial charge in [0.1, 0.15) is 5.82 Å².